The van der Waals surface area contributed by atoms with Crippen molar-refractivity contribution in [3.63, 3.8) is 0 Å². The number of aromatic nitrogens is 3. The molecule has 0 bridgehead atoms. The predicted octanol–water partition coefficient (Wildman–Crippen LogP) is 1.88. The van der Waals surface area contributed by atoms with Crippen LogP contribution < -0.4 is 5.73 Å². The van der Waals surface area contributed by atoms with Crippen LogP contribution in [0.3, 0.4) is 0 Å². The molecule has 1 aliphatic carbocycles. The summed E-state index contributed by atoms with van der Waals surface area (Å²) >= 11 is 0. The molecule has 2 aromatic rings. The molecule has 0 radical (unpaired) electrons. The van der Waals surface area contributed by atoms with Crippen molar-refractivity contribution in [3.05, 3.63) is 24.2 Å². The van der Waals surface area contributed by atoms with Gasteiger partial charge in [0.1, 0.15) is 11.3 Å². The molecule has 90 valence electrons. The lowest BCUT2D eigenvalue weighted by atomic mass is 9.75. The van der Waals surface area contributed by atoms with E-state index >= 15 is 0 Å². The Bertz CT molecular complexity index is 539. The maximum absolute atomic E-state index is 6.31. The molecular weight excluding hydrogens is 212 g/mol. The first-order chi connectivity index (χ1) is 8.22. The van der Waals surface area contributed by atoms with Gasteiger partial charge in [0.25, 0.3) is 0 Å². The molecule has 2 N–H and O–H groups in total. The number of nitrogens with two attached hydrogens (primary N) is 1. The topological polar surface area (TPSA) is 56.7 Å². The second kappa shape index (κ2) is 3.81. The predicted molar refractivity (Wildman–Crippen MR) is 67.7 cm³/mol. The van der Waals surface area contributed by atoms with Crippen molar-refractivity contribution >= 4 is 11.2 Å². The van der Waals surface area contributed by atoms with Crippen LogP contribution in [0.15, 0.2) is 18.3 Å². The standard InChI is InChI=1S/C13H18N4/c1-2-17-11(9-13(14)6-4-7-13)16-10-5-3-8-15-12(10)17/h3,5,8H,2,4,6-7,9,14H2,1H3. The van der Waals surface area contributed by atoms with Crippen molar-refractivity contribution < 1.29 is 0 Å². The SMILES string of the molecule is CCn1c(CC2(N)CCC2)nc2cccnc21. The van der Waals surface area contributed by atoms with Crippen LogP contribution in [0.25, 0.3) is 11.2 Å². The number of nitrogens with zero attached hydrogens (tertiary/aromatic N) is 3. The zero-order valence-electron chi connectivity index (χ0n) is 10.2. The second-order valence-electron chi connectivity index (χ2n) is 5.01. The van der Waals surface area contributed by atoms with Gasteiger partial charge in [0.05, 0.1) is 0 Å². The number of rotatable bonds is 3. The number of hydrogen-bond donors (Lipinski definition) is 1. The number of fused-ring (bicyclic) bond motifs is 1. The van der Waals surface area contributed by atoms with Gasteiger partial charge in [-0.3, -0.25) is 0 Å². The van der Waals surface area contributed by atoms with E-state index in [4.69, 9.17) is 5.73 Å². The van der Waals surface area contributed by atoms with E-state index in [1.807, 2.05) is 18.3 Å². The van der Waals surface area contributed by atoms with Gasteiger partial charge in [-0.1, -0.05) is 0 Å². The Kier molecular flexibility index (Phi) is 2.40. The first kappa shape index (κ1) is 10.7. The second-order valence-corrected chi connectivity index (χ2v) is 5.01. The summed E-state index contributed by atoms with van der Waals surface area (Å²) in [6, 6.07) is 3.95. The molecular formula is C13H18N4. The van der Waals surface area contributed by atoms with Crippen molar-refractivity contribution in [1.29, 1.82) is 0 Å². The normalized spacial score (nSPS) is 18.2. The zero-order valence-corrected chi connectivity index (χ0v) is 10.2. The Morgan fingerprint density at radius 3 is 2.94 bits per heavy atom. The third-order valence-electron chi connectivity index (χ3n) is 3.76. The monoisotopic (exact) mass is 230 g/mol. The Balaban J connectivity index is 2.03. The highest BCUT2D eigenvalue weighted by molar-refractivity contribution is 5.71. The molecule has 3 rings (SSSR count). The van der Waals surface area contributed by atoms with Crippen molar-refractivity contribution in [3.8, 4) is 0 Å². The quantitative estimate of drug-likeness (QED) is 0.875. The van der Waals surface area contributed by atoms with Crippen molar-refractivity contribution in [1.82, 2.24) is 14.5 Å². The third-order valence-corrected chi connectivity index (χ3v) is 3.76. The summed E-state index contributed by atoms with van der Waals surface area (Å²) in [7, 11) is 0. The fourth-order valence-corrected chi connectivity index (χ4v) is 2.60. The van der Waals surface area contributed by atoms with Gasteiger partial charge in [-0.15, -0.1) is 0 Å². The summed E-state index contributed by atoms with van der Waals surface area (Å²) in [5.74, 6) is 1.09. The summed E-state index contributed by atoms with van der Waals surface area (Å²) in [6.07, 6.45) is 6.18. The highest BCUT2D eigenvalue weighted by atomic mass is 15.1. The fourth-order valence-electron chi connectivity index (χ4n) is 2.60. The number of aryl methyl sites for hydroxylation is 1. The van der Waals surface area contributed by atoms with Crippen molar-refractivity contribution in [2.75, 3.05) is 0 Å². The maximum Gasteiger partial charge on any atom is 0.159 e. The summed E-state index contributed by atoms with van der Waals surface area (Å²) in [6.45, 7) is 3.03. The fraction of sp³-hybridized carbons (Fsp3) is 0.538. The number of pyridine rings is 1. The number of imidazole rings is 1. The Morgan fingerprint density at radius 2 is 2.29 bits per heavy atom. The Labute approximate surface area is 101 Å². The maximum atomic E-state index is 6.31. The molecule has 4 nitrogen and oxygen atoms in total. The van der Waals surface area contributed by atoms with Gasteiger partial charge in [0.15, 0.2) is 5.65 Å². The van der Waals surface area contributed by atoms with E-state index < -0.39 is 0 Å². The molecule has 0 amide bonds. The molecule has 1 saturated carbocycles. The first-order valence-electron chi connectivity index (χ1n) is 6.31. The van der Waals surface area contributed by atoms with Gasteiger partial charge >= 0.3 is 0 Å². The van der Waals surface area contributed by atoms with Crippen LogP contribution >= 0.6 is 0 Å². The minimum absolute atomic E-state index is 0.0195. The Morgan fingerprint density at radius 1 is 1.47 bits per heavy atom. The molecule has 4 heteroatoms. The smallest absolute Gasteiger partial charge is 0.159 e. The van der Waals surface area contributed by atoms with Crippen LogP contribution in [-0.2, 0) is 13.0 Å². The zero-order chi connectivity index (χ0) is 11.9. The third kappa shape index (κ3) is 1.72. The van der Waals surface area contributed by atoms with E-state index in [-0.39, 0.29) is 5.54 Å². The van der Waals surface area contributed by atoms with E-state index in [1.165, 1.54) is 6.42 Å². The molecule has 0 saturated heterocycles. The molecule has 2 aromatic heterocycles. The van der Waals surface area contributed by atoms with Crippen LogP contribution in [0, 0.1) is 0 Å². The van der Waals surface area contributed by atoms with E-state index in [2.05, 4.69) is 21.5 Å². The van der Waals surface area contributed by atoms with Gasteiger partial charge in [-0.2, -0.15) is 0 Å². The van der Waals surface area contributed by atoms with E-state index in [0.717, 1.165) is 42.8 Å². The molecule has 17 heavy (non-hydrogen) atoms. The van der Waals surface area contributed by atoms with Crippen LogP contribution in [0.2, 0.25) is 0 Å². The van der Waals surface area contributed by atoms with Crippen molar-refractivity contribution in [2.45, 2.75) is 44.7 Å². The molecule has 1 aliphatic rings. The Hall–Kier alpha value is -1.42. The highest BCUT2D eigenvalue weighted by Crippen LogP contribution is 2.32. The van der Waals surface area contributed by atoms with Crippen LogP contribution in [0.4, 0.5) is 0 Å². The van der Waals surface area contributed by atoms with Gasteiger partial charge in [-0.25, -0.2) is 9.97 Å². The van der Waals surface area contributed by atoms with Crippen LogP contribution in [0.1, 0.15) is 32.0 Å². The van der Waals surface area contributed by atoms with Gasteiger partial charge in [0, 0.05) is 24.7 Å². The lowest BCUT2D eigenvalue weighted by Crippen LogP contribution is -2.48. The van der Waals surface area contributed by atoms with E-state index in [9.17, 15) is 0 Å². The van der Waals surface area contributed by atoms with Crippen molar-refractivity contribution in [2.24, 2.45) is 5.73 Å². The van der Waals surface area contributed by atoms with E-state index in [1.54, 1.807) is 0 Å². The summed E-state index contributed by atoms with van der Waals surface area (Å²) in [5.41, 5.74) is 8.25. The molecule has 0 spiro atoms. The average Bonchev–Trinajstić information content (AvgIpc) is 2.64. The summed E-state index contributed by atoms with van der Waals surface area (Å²) < 4.78 is 2.18. The van der Waals surface area contributed by atoms with Gasteiger partial charge in [0.2, 0.25) is 0 Å². The number of hydrogen-bond acceptors (Lipinski definition) is 3. The lowest BCUT2D eigenvalue weighted by Gasteiger charge is -2.37. The molecule has 0 unspecified atom stereocenters. The largest absolute Gasteiger partial charge is 0.325 e. The summed E-state index contributed by atoms with van der Waals surface area (Å²) in [4.78, 5) is 9.08. The van der Waals surface area contributed by atoms with Crippen LogP contribution in [0.5, 0.6) is 0 Å². The molecule has 2 heterocycles. The van der Waals surface area contributed by atoms with Crippen LogP contribution in [-0.4, -0.2) is 20.1 Å². The summed E-state index contributed by atoms with van der Waals surface area (Å²) in [5, 5.41) is 0. The molecule has 0 aliphatic heterocycles. The minimum Gasteiger partial charge on any atom is -0.325 e. The highest BCUT2D eigenvalue weighted by Gasteiger charge is 2.34. The molecule has 0 aromatic carbocycles. The first-order valence-corrected chi connectivity index (χ1v) is 6.31. The van der Waals surface area contributed by atoms with Gasteiger partial charge < -0.3 is 10.3 Å². The lowest BCUT2D eigenvalue weighted by molar-refractivity contribution is 0.241. The minimum atomic E-state index is -0.0195. The molecule has 0 atom stereocenters. The van der Waals surface area contributed by atoms with E-state index in [0.29, 0.717) is 0 Å². The van der Waals surface area contributed by atoms with Gasteiger partial charge in [-0.05, 0) is 38.3 Å². The average molecular weight is 230 g/mol. The molecule has 1 fully saturated rings.